The van der Waals surface area contributed by atoms with Crippen LogP contribution in [0.3, 0.4) is 0 Å². The van der Waals surface area contributed by atoms with Crippen molar-refractivity contribution in [3.63, 3.8) is 0 Å². The van der Waals surface area contributed by atoms with Gasteiger partial charge in [-0.25, -0.2) is 0 Å². The summed E-state index contributed by atoms with van der Waals surface area (Å²) in [7, 11) is 2.06. The van der Waals surface area contributed by atoms with Crippen molar-refractivity contribution < 1.29 is 0 Å². The molecule has 2 rings (SSSR count). The zero-order valence-corrected chi connectivity index (χ0v) is 14.3. The summed E-state index contributed by atoms with van der Waals surface area (Å²) in [6.45, 7) is 11.9. The van der Waals surface area contributed by atoms with Crippen LogP contribution in [-0.2, 0) is 5.41 Å². The molecule has 118 valence electrons. The molecule has 0 aromatic heterocycles. The molecule has 1 N–H and O–H groups in total. The Morgan fingerprint density at radius 2 is 1.81 bits per heavy atom. The lowest BCUT2D eigenvalue weighted by Gasteiger charge is -2.43. The van der Waals surface area contributed by atoms with Crippen LogP contribution in [-0.4, -0.2) is 38.1 Å². The van der Waals surface area contributed by atoms with Crippen molar-refractivity contribution in [2.45, 2.75) is 45.4 Å². The maximum Gasteiger partial charge on any atom is 0.0176 e. The van der Waals surface area contributed by atoms with Gasteiger partial charge in [-0.05, 0) is 44.0 Å². The fourth-order valence-corrected chi connectivity index (χ4v) is 3.58. The predicted octanol–water partition coefficient (Wildman–Crippen LogP) is 3.68. The molecule has 1 saturated heterocycles. The summed E-state index contributed by atoms with van der Waals surface area (Å²) in [5.74, 6) is 0. The normalized spacial score (nSPS) is 21.9. The number of hydrogen-bond acceptors (Lipinski definition) is 2. The number of benzene rings is 1. The maximum absolute atomic E-state index is 3.40. The number of likely N-dealkylation sites (N-methyl/N-ethyl adjacent to an activating group) is 1. The lowest BCUT2D eigenvalue weighted by molar-refractivity contribution is 0.0961. The third-order valence-corrected chi connectivity index (χ3v) is 5.53. The Kier molecular flexibility index (Phi) is 5.45. The molecule has 0 bridgehead atoms. The third kappa shape index (κ3) is 4.08. The minimum absolute atomic E-state index is 0.190. The van der Waals surface area contributed by atoms with E-state index in [1.54, 1.807) is 0 Å². The molecule has 1 aromatic rings. The van der Waals surface area contributed by atoms with Crippen molar-refractivity contribution in [1.29, 1.82) is 0 Å². The molecule has 1 aromatic carbocycles. The Hall–Kier alpha value is -0.860. The van der Waals surface area contributed by atoms with Gasteiger partial charge in [-0.3, -0.25) is 0 Å². The molecule has 1 unspecified atom stereocenters. The Bertz CT molecular complexity index is 420. The van der Waals surface area contributed by atoms with E-state index in [4.69, 9.17) is 0 Å². The Morgan fingerprint density at radius 1 is 1.19 bits per heavy atom. The first kappa shape index (κ1) is 16.5. The SMILES string of the molecule is CCC1(C)CCN(CC(C)(CNC)c2ccccc2)CC1. The molecule has 1 aliphatic rings. The maximum atomic E-state index is 3.40. The van der Waals surface area contributed by atoms with Gasteiger partial charge in [0.2, 0.25) is 0 Å². The molecule has 0 amide bonds. The predicted molar refractivity (Wildman–Crippen MR) is 91.8 cm³/mol. The average Bonchev–Trinajstić information content (AvgIpc) is 2.51. The van der Waals surface area contributed by atoms with E-state index in [2.05, 4.69) is 68.4 Å². The highest BCUT2D eigenvalue weighted by Crippen LogP contribution is 2.35. The molecule has 1 fully saturated rings. The van der Waals surface area contributed by atoms with Gasteiger partial charge in [0.05, 0.1) is 0 Å². The fraction of sp³-hybridized carbons (Fsp3) is 0.684. The van der Waals surface area contributed by atoms with Crippen molar-refractivity contribution in [2.24, 2.45) is 5.41 Å². The molecule has 1 heterocycles. The van der Waals surface area contributed by atoms with Gasteiger partial charge < -0.3 is 10.2 Å². The summed E-state index contributed by atoms with van der Waals surface area (Å²) in [5.41, 5.74) is 2.21. The number of rotatable bonds is 6. The largest absolute Gasteiger partial charge is 0.319 e. The lowest BCUT2D eigenvalue weighted by Crippen LogP contribution is -2.48. The molecular weight excluding hydrogens is 256 g/mol. The van der Waals surface area contributed by atoms with E-state index >= 15 is 0 Å². The number of nitrogens with zero attached hydrogens (tertiary/aromatic N) is 1. The van der Waals surface area contributed by atoms with Crippen LogP contribution in [0.25, 0.3) is 0 Å². The van der Waals surface area contributed by atoms with Crippen LogP contribution in [0.1, 0.15) is 45.6 Å². The van der Waals surface area contributed by atoms with Gasteiger partial charge in [-0.15, -0.1) is 0 Å². The summed E-state index contributed by atoms with van der Waals surface area (Å²) >= 11 is 0. The minimum atomic E-state index is 0.190. The first-order chi connectivity index (χ1) is 10.0. The zero-order chi connectivity index (χ0) is 15.3. The molecule has 0 aliphatic carbocycles. The Labute approximate surface area is 130 Å². The van der Waals surface area contributed by atoms with Crippen molar-refractivity contribution in [3.8, 4) is 0 Å². The molecule has 0 spiro atoms. The summed E-state index contributed by atoms with van der Waals surface area (Å²) in [5, 5.41) is 3.40. The summed E-state index contributed by atoms with van der Waals surface area (Å²) < 4.78 is 0. The minimum Gasteiger partial charge on any atom is -0.319 e. The summed E-state index contributed by atoms with van der Waals surface area (Å²) in [6, 6.07) is 11.0. The topological polar surface area (TPSA) is 15.3 Å². The van der Waals surface area contributed by atoms with Crippen LogP contribution in [0, 0.1) is 5.41 Å². The van der Waals surface area contributed by atoms with Gasteiger partial charge in [0.1, 0.15) is 0 Å². The summed E-state index contributed by atoms with van der Waals surface area (Å²) in [4.78, 5) is 2.67. The van der Waals surface area contributed by atoms with Crippen molar-refractivity contribution in [2.75, 3.05) is 33.2 Å². The number of piperidine rings is 1. The van der Waals surface area contributed by atoms with Crippen LogP contribution < -0.4 is 5.32 Å². The van der Waals surface area contributed by atoms with Crippen molar-refractivity contribution >= 4 is 0 Å². The summed E-state index contributed by atoms with van der Waals surface area (Å²) in [6.07, 6.45) is 4.00. The second-order valence-corrected chi connectivity index (χ2v) is 7.40. The van der Waals surface area contributed by atoms with Gasteiger partial charge in [0.15, 0.2) is 0 Å². The molecule has 1 aliphatic heterocycles. The highest BCUT2D eigenvalue weighted by Gasteiger charge is 2.33. The smallest absolute Gasteiger partial charge is 0.0176 e. The fourth-order valence-electron chi connectivity index (χ4n) is 3.58. The number of likely N-dealkylation sites (tertiary alicyclic amines) is 1. The highest BCUT2D eigenvalue weighted by molar-refractivity contribution is 5.25. The van der Waals surface area contributed by atoms with Crippen LogP contribution >= 0.6 is 0 Å². The Morgan fingerprint density at radius 3 is 2.33 bits per heavy atom. The number of nitrogens with one attached hydrogen (secondary N) is 1. The van der Waals surface area contributed by atoms with E-state index in [0.717, 1.165) is 13.1 Å². The quantitative estimate of drug-likeness (QED) is 0.859. The molecular formula is C19H32N2. The van der Waals surface area contributed by atoms with E-state index in [1.165, 1.54) is 37.9 Å². The van der Waals surface area contributed by atoms with Crippen LogP contribution in [0.15, 0.2) is 30.3 Å². The second-order valence-electron chi connectivity index (χ2n) is 7.40. The van der Waals surface area contributed by atoms with Gasteiger partial charge in [-0.1, -0.05) is 57.5 Å². The van der Waals surface area contributed by atoms with Crippen molar-refractivity contribution in [1.82, 2.24) is 10.2 Å². The molecule has 1 atom stereocenters. The van der Waals surface area contributed by atoms with Crippen molar-refractivity contribution in [3.05, 3.63) is 35.9 Å². The average molecular weight is 288 g/mol. The second kappa shape index (κ2) is 6.93. The third-order valence-electron chi connectivity index (χ3n) is 5.53. The van der Waals surface area contributed by atoms with Gasteiger partial charge >= 0.3 is 0 Å². The molecule has 2 heteroatoms. The molecule has 0 radical (unpaired) electrons. The molecule has 2 nitrogen and oxygen atoms in total. The van der Waals surface area contributed by atoms with Gasteiger partial charge in [-0.2, -0.15) is 0 Å². The van der Waals surface area contributed by atoms with E-state index in [1.807, 2.05) is 0 Å². The molecule has 21 heavy (non-hydrogen) atoms. The monoisotopic (exact) mass is 288 g/mol. The van der Waals surface area contributed by atoms with E-state index in [-0.39, 0.29) is 5.41 Å². The lowest BCUT2D eigenvalue weighted by atomic mass is 9.76. The first-order valence-electron chi connectivity index (χ1n) is 8.44. The standard InChI is InChI=1S/C19H32N2/c1-5-18(2)11-13-21(14-12-18)16-19(3,15-20-4)17-9-7-6-8-10-17/h6-10,20H,5,11-16H2,1-4H3. The van der Waals surface area contributed by atoms with Crippen LogP contribution in [0.5, 0.6) is 0 Å². The Balaban J connectivity index is 2.04. The van der Waals surface area contributed by atoms with E-state index < -0.39 is 0 Å². The van der Waals surface area contributed by atoms with Crippen LogP contribution in [0.4, 0.5) is 0 Å². The van der Waals surface area contributed by atoms with Gasteiger partial charge in [0, 0.05) is 18.5 Å². The first-order valence-corrected chi connectivity index (χ1v) is 8.44. The van der Waals surface area contributed by atoms with E-state index in [0.29, 0.717) is 5.41 Å². The van der Waals surface area contributed by atoms with E-state index in [9.17, 15) is 0 Å². The van der Waals surface area contributed by atoms with Crippen LogP contribution in [0.2, 0.25) is 0 Å². The highest BCUT2D eigenvalue weighted by atomic mass is 15.1. The zero-order valence-electron chi connectivity index (χ0n) is 14.3. The number of hydrogen-bond donors (Lipinski definition) is 1. The van der Waals surface area contributed by atoms with Gasteiger partial charge in [0.25, 0.3) is 0 Å². The molecule has 0 saturated carbocycles.